The summed E-state index contributed by atoms with van der Waals surface area (Å²) in [4.78, 5) is 44.0. The number of nitro groups is 1. The summed E-state index contributed by atoms with van der Waals surface area (Å²) in [6.45, 7) is 6.20. The molecule has 10 heteroatoms. The van der Waals surface area contributed by atoms with Crippen LogP contribution in [0.15, 0.2) is 18.2 Å². The molecule has 0 radical (unpaired) electrons. The molecular weight excluding hydrogens is 394 g/mol. The Morgan fingerprint density at radius 2 is 1.97 bits per heavy atom. The minimum absolute atomic E-state index is 0.118. The van der Waals surface area contributed by atoms with E-state index in [9.17, 15) is 19.7 Å². The van der Waals surface area contributed by atoms with E-state index in [4.69, 9.17) is 0 Å². The Labute approximate surface area is 173 Å². The lowest BCUT2D eigenvalue weighted by Crippen LogP contribution is -3.06. The Bertz CT molecular complexity index is 906. The van der Waals surface area contributed by atoms with Crippen LogP contribution in [0.4, 0.5) is 10.8 Å². The summed E-state index contributed by atoms with van der Waals surface area (Å²) in [6, 6.07) is 4.35. The largest absolute Gasteiger partial charge is 0.338 e. The lowest BCUT2D eigenvalue weighted by molar-refractivity contribution is -0.857. The van der Waals surface area contributed by atoms with E-state index < -0.39 is 10.8 Å². The molecule has 2 amide bonds. The number of rotatable bonds is 8. The van der Waals surface area contributed by atoms with Crippen molar-refractivity contribution in [1.29, 1.82) is 0 Å². The van der Waals surface area contributed by atoms with Gasteiger partial charge in [-0.05, 0) is 26.8 Å². The molecule has 2 N–H and O–H groups in total. The van der Waals surface area contributed by atoms with Gasteiger partial charge in [0.2, 0.25) is 5.91 Å². The van der Waals surface area contributed by atoms with E-state index in [2.05, 4.69) is 10.3 Å². The molecule has 0 bridgehead atoms. The molecule has 2 rings (SSSR count). The number of carbonyl (C=O) groups is 2. The van der Waals surface area contributed by atoms with E-state index >= 15 is 0 Å². The SMILES string of the molecule is Cc1ccc(C(=O)N(CC[NH+](C)C)CC(=O)Nc2nc(C)c(C)s2)cc1[N+](=O)[O-]. The van der Waals surface area contributed by atoms with Crippen molar-refractivity contribution >= 4 is 34.0 Å². The molecule has 0 aliphatic rings. The number of aromatic nitrogens is 1. The second kappa shape index (κ2) is 9.57. The predicted octanol–water partition coefficient (Wildman–Crippen LogP) is 1.20. The van der Waals surface area contributed by atoms with Gasteiger partial charge in [0.25, 0.3) is 11.6 Å². The highest BCUT2D eigenvalue weighted by molar-refractivity contribution is 7.15. The average Bonchev–Trinajstić information content (AvgIpc) is 2.95. The maximum absolute atomic E-state index is 13.0. The first-order valence-corrected chi connectivity index (χ1v) is 9.97. The van der Waals surface area contributed by atoms with Crippen LogP contribution >= 0.6 is 11.3 Å². The van der Waals surface area contributed by atoms with Crippen molar-refractivity contribution in [1.82, 2.24) is 9.88 Å². The van der Waals surface area contributed by atoms with E-state index in [-0.39, 0.29) is 23.7 Å². The zero-order valence-electron chi connectivity index (χ0n) is 17.2. The van der Waals surface area contributed by atoms with E-state index in [0.29, 0.717) is 23.8 Å². The van der Waals surface area contributed by atoms with Gasteiger partial charge in [-0.2, -0.15) is 0 Å². The van der Waals surface area contributed by atoms with Crippen molar-refractivity contribution in [3.63, 3.8) is 0 Å². The highest BCUT2D eigenvalue weighted by Gasteiger charge is 2.23. The molecule has 0 aliphatic carbocycles. The van der Waals surface area contributed by atoms with E-state index in [1.807, 2.05) is 27.9 Å². The standard InChI is InChI=1S/C19H25N5O4S/c1-12-6-7-15(10-16(12)24(27)28)18(26)23(9-8-22(4)5)11-17(25)21-19-20-13(2)14(3)29-19/h6-7,10H,8-9,11H2,1-5H3,(H,20,21,25)/p+1. The van der Waals surface area contributed by atoms with Crippen LogP contribution in [0.5, 0.6) is 0 Å². The van der Waals surface area contributed by atoms with Crippen molar-refractivity contribution in [2.45, 2.75) is 20.8 Å². The van der Waals surface area contributed by atoms with Crippen LogP contribution in [0.2, 0.25) is 0 Å². The van der Waals surface area contributed by atoms with Gasteiger partial charge >= 0.3 is 0 Å². The van der Waals surface area contributed by atoms with Gasteiger partial charge in [0.05, 0.1) is 37.8 Å². The fourth-order valence-electron chi connectivity index (χ4n) is 2.59. The Morgan fingerprint density at radius 1 is 1.28 bits per heavy atom. The van der Waals surface area contributed by atoms with Gasteiger partial charge in [0, 0.05) is 22.1 Å². The van der Waals surface area contributed by atoms with Gasteiger partial charge in [0.15, 0.2) is 5.13 Å². The Hall–Kier alpha value is -2.85. The molecule has 0 spiro atoms. The predicted molar refractivity (Wildman–Crippen MR) is 112 cm³/mol. The van der Waals surface area contributed by atoms with Crippen molar-refractivity contribution in [3.05, 3.63) is 50.0 Å². The van der Waals surface area contributed by atoms with Crippen LogP contribution in [-0.4, -0.2) is 60.4 Å². The molecule has 1 heterocycles. The first-order chi connectivity index (χ1) is 13.6. The van der Waals surface area contributed by atoms with Crippen LogP contribution in [0, 0.1) is 30.9 Å². The van der Waals surface area contributed by atoms with Crippen LogP contribution < -0.4 is 10.2 Å². The quantitative estimate of drug-likeness (QED) is 0.493. The highest BCUT2D eigenvalue weighted by atomic mass is 32.1. The Morgan fingerprint density at radius 3 is 2.52 bits per heavy atom. The number of nitrogens with one attached hydrogen (secondary N) is 2. The van der Waals surface area contributed by atoms with Gasteiger partial charge in [-0.1, -0.05) is 6.07 Å². The van der Waals surface area contributed by atoms with Gasteiger partial charge in [-0.3, -0.25) is 19.7 Å². The summed E-state index contributed by atoms with van der Waals surface area (Å²) in [5.74, 6) is -0.779. The van der Waals surface area contributed by atoms with Crippen LogP contribution in [-0.2, 0) is 4.79 Å². The smallest absolute Gasteiger partial charge is 0.273 e. The fraction of sp³-hybridized carbons (Fsp3) is 0.421. The number of carbonyl (C=O) groups excluding carboxylic acids is 2. The van der Waals surface area contributed by atoms with Gasteiger partial charge in [-0.25, -0.2) is 4.98 Å². The summed E-state index contributed by atoms with van der Waals surface area (Å²) in [5, 5.41) is 14.4. The Kier molecular flexibility index (Phi) is 7.40. The number of thiazole rings is 1. The normalized spacial score (nSPS) is 10.8. The highest BCUT2D eigenvalue weighted by Crippen LogP contribution is 2.22. The average molecular weight is 421 g/mol. The first-order valence-electron chi connectivity index (χ1n) is 9.15. The first kappa shape index (κ1) is 22.4. The molecule has 0 fully saturated rings. The topological polar surface area (TPSA) is 110 Å². The van der Waals surface area contributed by atoms with Crippen LogP contribution in [0.1, 0.15) is 26.5 Å². The fourth-order valence-corrected chi connectivity index (χ4v) is 3.42. The van der Waals surface area contributed by atoms with Crippen molar-refractivity contribution < 1.29 is 19.4 Å². The zero-order chi connectivity index (χ0) is 21.7. The number of hydrogen-bond acceptors (Lipinski definition) is 6. The molecule has 156 valence electrons. The minimum Gasteiger partial charge on any atom is -0.338 e. The molecule has 2 aromatic rings. The lowest BCUT2D eigenvalue weighted by Gasteiger charge is -2.22. The van der Waals surface area contributed by atoms with E-state index in [1.54, 1.807) is 19.1 Å². The summed E-state index contributed by atoms with van der Waals surface area (Å²) in [5.41, 5.74) is 1.39. The number of likely N-dealkylation sites (N-methyl/N-ethyl adjacent to an activating group) is 1. The number of quaternary nitrogens is 1. The maximum Gasteiger partial charge on any atom is 0.273 e. The number of anilines is 1. The number of benzene rings is 1. The van der Waals surface area contributed by atoms with Gasteiger partial charge in [-0.15, -0.1) is 11.3 Å². The third-order valence-electron chi connectivity index (χ3n) is 4.43. The molecule has 0 saturated carbocycles. The van der Waals surface area contributed by atoms with Crippen molar-refractivity contribution in [2.75, 3.05) is 39.0 Å². The lowest BCUT2D eigenvalue weighted by atomic mass is 10.1. The number of nitro benzene ring substituents is 1. The molecular formula is C19H26N5O4S+. The van der Waals surface area contributed by atoms with Crippen LogP contribution in [0.25, 0.3) is 0 Å². The second-order valence-corrected chi connectivity index (χ2v) is 8.35. The van der Waals surface area contributed by atoms with Gasteiger partial charge < -0.3 is 15.1 Å². The number of aryl methyl sites for hydroxylation is 3. The van der Waals surface area contributed by atoms with Crippen molar-refractivity contribution in [3.8, 4) is 0 Å². The molecule has 9 nitrogen and oxygen atoms in total. The molecule has 1 aromatic heterocycles. The van der Waals surface area contributed by atoms with E-state index in [1.165, 1.54) is 22.3 Å². The molecule has 29 heavy (non-hydrogen) atoms. The monoisotopic (exact) mass is 420 g/mol. The summed E-state index contributed by atoms with van der Waals surface area (Å²) < 4.78 is 0. The summed E-state index contributed by atoms with van der Waals surface area (Å²) in [6.07, 6.45) is 0. The Balaban J connectivity index is 2.20. The molecule has 0 unspecified atom stereocenters. The summed E-state index contributed by atoms with van der Waals surface area (Å²) in [7, 11) is 3.89. The molecule has 0 atom stereocenters. The number of hydrogen-bond donors (Lipinski definition) is 2. The number of nitrogens with zero attached hydrogens (tertiary/aromatic N) is 3. The number of amides is 2. The zero-order valence-corrected chi connectivity index (χ0v) is 18.1. The molecule has 1 aromatic carbocycles. The van der Waals surface area contributed by atoms with E-state index in [0.717, 1.165) is 15.5 Å². The third-order valence-corrected chi connectivity index (χ3v) is 5.42. The third kappa shape index (κ3) is 6.06. The van der Waals surface area contributed by atoms with Gasteiger partial charge in [0.1, 0.15) is 6.54 Å². The van der Waals surface area contributed by atoms with Crippen molar-refractivity contribution in [2.24, 2.45) is 0 Å². The molecule has 0 aliphatic heterocycles. The maximum atomic E-state index is 13.0. The summed E-state index contributed by atoms with van der Waals surface area (Å²) >= 11 is 1.37. The minimum atomic E-state index is -0.514. The van der Waals surface area contributed by atoms with Crippen LogP contribution in [0.3, 0.4) is 0 Å². The molecule has 0 saturated heterocycles. The second-order valence-electron chi connectivity index (χ2n) is 7.15.